The Bertz CT molecular complexity index is 491. The van der Waals surface area contributed by atoms with E-state index in [9.17, 15) is 13.2 Å². The fourth-order valence-corrected chi connectivity index (χ4v) is 2.50. The van der Waals surface area contributed by atoms with E-state index < -0.39 is 9.84 Å². The third-order valence-corrected chi connectivity index (χ3v) is 4.01. The van der Waals surface area contributed by atoms with Crippen LogP contribution in [-0.4, -0.2) is 32.8 Å². The molecule has 0 aliphatic rings. The average Bonchev–Trinajstić information content (AvgIpc) is 2.44. The van der Waals surface area contributed by atoms with E-state index in [2.05, 4.69) is 5.32 Å². The summed E-state index contributed by atoms with van der Waals surface area (Å²) in [5.41, 5.74) is 6.06. The predicted molar refractivity (Wildman–Crippen MR) is 66.9 cm³/mol. The molecule has 0 unspecified atom stereocenters. The second-order valence-corrected chi connectivity index (χ2v) is 6.82. The zero-order chi connectivity index (χ0) is 12.3. The Labute approximate surface area is 98.6 Å². The van der Waals surface area contributed by atoms with Crippen molar-refractivity contribution in [3.63, 3.8) is 0 Å². The molecule has 0 aliphatic carbocycles. The van der Waals surface area contributed by atoms with Crippen molar-refractivity contribution in [3.05, 3.63) is 10.9 Å². The largest absolute Gasteiger partial charge is 0.397 e. The minimum Gasteiger partial charge on any atom is -0.397 e. The molecule has 1 heterocycles. The number of carbonyl (C=O) groups is 1. The fraction of sp³-hybridized carbons (Fsp3) is 0.444. The van der Waals surface area contributed by atoms with E-state index in [0.717, 1.165) is 0 Å². The van der Waals surface area contributed by atoms with Crippen molar-refractivity contribution in [2.75, 3.05) is 29.6 Å². The summed E-state index contributed by atoms with van der Waals surface area (Å²) in [7, 11) is -2.97. The van der Waals surface area contributed by atoms with Gasteiger partial charge in [0.05, 0.1) is 21.3 Å². The highest BCUT2D eigenvalue weighted by atomic mass is 32.2. The standard InChI is InChI=1S/C9H14N2O3S2/c1-6(12)9-7(10)5-8(15-9)11-3-4-16(2,13)14/h5,11H,3-4,10H2,1-2H3. The summed E-state index contributed by atoms with van der Waals surface area (Å²) in [5.74, 6) is -0.0288. The first-order valence-corrected chi connectivity index (χ1v) is 7.49. The lowest BCUT2D eigenvalue weighted by molar-refractivity contribution is 0.102. The number of sulfone groups is 1. The number of nitrogen functional groups attached to an aromatic ring is 1. The van der Waals surface area contributed by atoms with Gasteiger partial charge in [-0.15, -0.1) is 11.3 Å². The van der Waals surface area contributed by atoms with E-state index in [4.69, 9.17) is 5.73 Å². The topological polar surface area (TPSA) is 89.3 Å². The van der Waals surface area contributed by atoms with E-state index in [-0.39, 0.29) is 11.5 Å². The molecule has 0 bridgehead atoms. The summed E-state index contributed by atoms with van der Waals surface area (Å²) in [6, 6.07) is 1.64. The Hall–Kier alpha value is -1.08. The number of Topliss-reactive ketones (excluding diaryl/α,β-unsaturated/α-hetero) is 1. The highest BCUT2D eigenvalue weighted by Gasteiger charge is 2.10. The second kappa shape index (κ2) is 4.84. The molecular weight excluding hydrogens is 248 g/mol. The maximum absolute atomic E-state index is 11.1. The second-order valence-electron chi connectivity index (χ2n) is 3.51. The molecule has 3 N–H and O–H groups in total. The number of rotatable bonds is 5. The van der Waals surface area contributed by atoms with Crippen LogP contribution in [0, 0.1) is 0 Å². The number of anilines is 2. The molecule has 1 rings (SSSR count). The van der Waals surface area contributed by atoms with Crippen molar-refractivity contribution >= 4 is 37.6 Å². The van der Waals surface area contributed by atoms with Crippen molar-refractivity contribution in [1.29, 1.82) is 0 Å². The van der Waals surface area contributed by atoms with E-state index in [1.54, 1.807) is 6.07 Å². The Morgan fingerprint density at radius 3 is 2.62 bits per heavy atom. The van der Waals surface area contributed by atoms with Gasteiger partial charge in [-0.1, -0.05) is 0 Å². The van der Waals surface area contributed by atoms with Gasteiger partial charge in [-0.3, -0.25) is 4.79 Å². The van der Waals surface area contributed by atoms with Crippen molar-refractivity contribution in [2.45, 2.75) is 6.92 Å². The number of carbonyl (C=O) groups excluding carboxylic acids is 1. The number of nitrogens with two attached hydrogens (primary N) is 1. The molecule has 0 atom stereocenters. The lowest BCUT2D eigenvalue weighted by atomic mass is 10.3. The maximum Gasteiger partial charge on any atom is 0.171 e. The summed E-state index contributed by atoms with van der Waals surface area (Å²) >= 11 is 1.24. The molecule has 0 aromatic carbocycles. The van der Waals surface area contributed by atoms with E-state index in [0.29, 0.717) is 22.1 Å². The van der Waals surface area contributed by atoms with Crippen molar-refractivity contribution in [3.8, 4) is 0 Å². The van der Waals surface area contributed by atoms with Gasteiger partial charge in [-0.05, 0) is 6.07 Å². The summed E-state index contributed by atoms with van der Waals surface area (Å²) in [6.07, 6.45) is 1.18. The minimum absolute atomic E-state index is 0.0558. The molecule has 0 aliphatic heterocycles. The van der Waals surface area contributed by atoms with Crippen LogP contribution in [0.1, 0.15) is 16.6 Å². The van der Waals surface area contributed by atoms with Gasteiger partial charge in [0.2, 0.25) is 0 Å². The maximum atomic E-state index is 11.1. The lowest BCUT2D eigenvalue weighted by Crippen LogP contribution is -2.13. The quantitative estimate of drug-likeness (QED) is 0.772. The number of ketones is 1. The molecule has 0 amide bonds. The first kappa shape index (κ1) is 13.0. The van der Waals surface area contributed by atoms with Crippen LogP contribution in [0.3, 0.4) is 0 Å². The predicted octanol–water partition coefficient (Wildman–Crippen LogP) is 0.989. The number of hydrogen-bond donors (Lipinski definition) is 2. The molecule has 0 fully saturated rings. The van der Waals surface area contributed by atoms with Gasteiger partial charge in [0.15, 0.2) is 5.78 Å². The van der Waals surface area contributed by atoms with Gasteiger partial charge in [0.1, 0.15) is 9.84 Å². The molecule has 1 aromatic heterocycles. The summed E-state index contributed by atoms with van der Waals surface area (Å²) in [6.45, 7) is 1.76. The molecular formula is C9H14N2O3S2. The zero-order valence-electron chi connectivity index (χ0n) is 9.11. The normalized spacial score (nSPS) is 11.4. The molecule has 1 aromatic rings. The van der Waals surface area contributed by atoms with Gasteiger partial charge < -0.3 is 11.1 Å². The van der Waals surface area contributed by atoms with Crippen molar-refractivity contribution < 1.29 is 13.2 Å². The third-order valence-electron chi connectivity index (χ3n) is 1.85. The summed E-state index contributed by atoms with van der Waals surface area (Å²) in [5, 5.41) is 3.64. The Kier molecular flexibility index (Phi) is 3.93. The van der Waals surface area contributed by atoms with Crippen molar-refractivity contribution in [2.24, 2.45) is 0 Å². The molecule has 0 saturated carbocycles. The molecule has 0 spiro atoms. The average molecular weight is 262 g/mol. The van der Waals surface area contributed by atoms with Crippen LogP contribution in [0.2, 0.25) is 0 Å². The number of nitrogens with one attached hydrogen (secondary N) is 1. The van der Waals surface area contributed by atoms with Crippen molar-refractivity contribution in [1.82, 2.24) is 0 Å². The Balaban J connectivity index is 2.62. The number of hydrogen-bond acceptors (Lipinski definition) is 6. The smallest absolute Gasteiger partial charge is 0.171 e. The summed E-state index contributed by atoms with van der Waals surface area (Å²) < 4.78 is 21.8. The molecule has 7 heteroatoms. The van der Waals surface area contributed by atoms with Crippen LogP contribution in [0.25, 0.3) is 0 Å². The monoisotopic (exact) mass is 262 g/mol. The first-order chi connectivity index (χ1) is 7.29. The van der Waals surface area contributed by atoms with Gasteiger partial charge in [-0.2, -0.15) is 0 Å². The van der Waals surface area contributed by atoms with Crippen LogP contribution in [0.15, 0.2) is 6.07 Å². The van der Waals surface area contributed by atoms with Crippen LogP contribution < -0.4 is 11.1 Å². The van der Waals surface area contributed by atoms with E-state index >= 15 is 0 Å². The SMILES string of the molecule is CC(=O)c1sc(NCCS(C)(=O)=O)cc1N. The van der Waals surface area contributed by atoms with Crippen LogP contribution in [0.5, 0.6) is 0 Å². The third kappa shape index (κ3) is 3.82. The van der Waals surface area contributed by atoms with Crippen LogP contribution >= 0.6 is 11.3 Å². The highest BCUT2D eigenvalue weighted by Crippen LogP contribution is 2.29. The molecule has 16 heavy (non-hydrogen) atoms. The molecule has 90 valence electrons. The van der Waals surface area contributed by atoms with Crippen LogP contribution in [0.4, 0.5) is 10.7 Å². The van der Waals surface area contributed by atoms with Gasteiger partial charge in [0.25, 0.3) is 0 Å². The zero-order valence-corrected chi connectivity index (χ0v) is 10.7. The first-order valence-electron chi connectivity index (χ1n) is 4.61. The number of thiophene rings is 1. The molecule has 0 radical (unpaired) electrons. The fourth-order valence-electron chi connectivity index (χ4n) is 1.13. The van der Waals surface area contributed by atoms with Gasteiger partial charge in [0, 0.05) is 19.7 Å². The molecule has 5 nitrogen and oxygen atoms in total. The van der Waals surface area contributed by atoms with Crippen LogP contribution in [-0.2, 0) is 9.84 Å². The minimum atomic E-state index is -2.97. The summed E-state index contributed by atoms with van der Waals surface area (Å²) in [4.78, 5) is 11.6. The Morgan fingerprint density at radius 2 is 2.19 bits per heavy atom. The van der Waals surface area contributed by atoms with E-state index in [1.165, 1.54) is 24.5 Å². The lowest BCUT2D eigenvalue weighted by Gasteiger charge is -2.00. The Morgan fingerprint density at radius 1 is 1.56 bits per heavy atom. The highest BCUT2D eigenvalue weighted by molar-refractivity contribution is 7.90. The van der Waals surface area contributed by atoms with Gasteiger partial charge >= 0.3 is 0 Å². The van der Waals surface area contributed by atoms with E-state index in [1.807, 2.05) is 0 Å². The molecule has 0 saturated heterocycles. The van der Waals surface area contributed by atoms with Gasteiger partial charge in [-0.25, -0.2) is 8.42 Å².